The van der Waals surface area contributed by atoms with E-state index in [-0.39, 0.29) is 6.61 Å². The van der Waals surface area contributed by atoms with Crippen LogP contribution in [0.5, 0.6) is 0 Å². The molecular weight excluding hydrogens is 202 g/mol. The van der Waals surface area contributed by atoms with Crippen molar-refractivity contribution in [2.24, 2.45) is 0 Å². The number of aliphatic hydroxyl groups excluding tert-OH is 1. The van der Waals surface area contributed by atoms with Crippen LogP contribution in [-0.2, 0) is 12.8 Å². The van der Waals surface area contributed by atoms with Crippen molar-refractivity contribution in [3.8, 4) is 11.5 Å². The number of aliphatic hydroxyl groups is 1. The first-order valence-corrected chi connectivity index (χ1v) is 5.50. The predicted octanol–water partition coefficient (Wildman–Crippen LogP) is 2.44. The average Bonchev–Trinajstić information content (AvgIpc) is 2.74. The lowest BCUT2D eigenvalue weighted by Crippen LogP contribution is -1.94. The third-order valence-corrected chi connectivity index (χ3v) is 2.47. The van der Waals surface area contributed by atoms with Crippen LogP contribution in [0, 0.1) is 0 Å². The number of benzene rings is 1. The highest BCUT2D eigenvalue weighted by atomic mass is 16.4. The van der Waals surface area contributed by atoms with Crippen molar-refractivity contribution in [3.05, 3.63) is 41.8 Å². The van der Waals surface area contributed by atoms with E-state index in [4.69, 9.17) is 9.52 Å². The number of hydrogen-bond donors (Lipinski definition) is 1. The molecule has 3 heteroatoms. The summed E-state index contributed by atoms with van der Waals surface area (Å²) in [5, 5.41) is 8.94. The zero-order chi connectivity index (χ0) is 11.4. The van der Waals surface area contributed by atoms with Crippen molar-refractivity contribution in [2.75, 3.05) is 6.61 Å². The van der Waals surface area contributed by atoms with Gasteiger partial charge in [0.15, 0.2) is 0 Å². The third-order valence-electron chi connectivity index (χ3n) is 2.47. The van der Waals surface area contributed by atoms with Crippen LogP contribution in [0.4, 0.5) is 0 Å². The Bertz CT molecular complexity index is 448. The second kappa shape index (κ2) is 4.94. The number of aryl methyl sites for hydroxylation is 1. The van der Waals surface area contributed by atoms with Crippen molar-refractivity contribution >= 4 is 0 Å². The Morgan fingerprint density at radius 1 is 1.25 bits per heavy atom. The van der Waals surface area contributed by atoms with E-state index in [0.717, 1.165) is 23.4 Å². The monoisotopic (exact) mass is 217 g/mol. The fourth-order valence-electron chi connectivity index (χ4n) is 1.67. The molecule has 0 bridgehead atoms. The summed E-state index contributed by atoms with van der Waals surface area (Å²) in [6.45, 7) is 2.13. The van der Waals surface area contributed by atoms with Crippen LogP contribution in [0.1, 0.15) is 18.4 Å². The molecule has 16 heavy (non-hydrogen) atoms. The Balaban J connectivity index is 2.36. The zero-order valence-corrected chi connectivity index (χ0v) is 9.31. The quantitative estimate of drug-likeness (QED) is 0.855. The summed E-state index contributed by atoms with van der Waals surface area (Å²) in [6.07, 6.45) is 1.36. The molecule has 84 valence electrons. The maximum absolute atomic E-state index is 8.94. The molecule has 0 amide bonds. The lowest BCUT2D eigenvalue weighted by Gasteiger charge is -1.93. The minimum Gasteiger partial charge on any atom is -0.441 e. The van der Waals surface area contributed by atoms with Gasteiger partial charge in [-0.15, -0.1) is 0 Å². The first kappa shape index (κ1) is 10.9. The van der Waals surface area contributed by atoms with Gasteiger partial charge in [0.2, 0.25) is 5.89 Å². The van der Waals surface area contributed by atoms with E-state index in [1.165, 1.54) is 0 Å². The van der Waals surface area contributed by atoms with E-state index in [2.05, 4.69) is 4.98 Å². The minimum absolute atomic E-state index is 0.105. The van der Waals surface area contributed by atoms with Gasteiger partial charge >= 0.3 is 0 Å². The van der Waals surface area contributed by atoms with Crippen LogP contribution in [0.2, 0.25) is 0 Å². The van der Waals surface area contributed by atoms with Crippen LogP contribution in [0.25, 0.3) is 11.5 Å². The molecule has 1 heterocycles. The molecule has 0 saturated carbocycles. The Kier molecular flexibility index (Phi) is 3.37. The summed E-state index contributed by atoms with van der Waals surface area (Å²) < 4.78 is 5.68. The maximum atomic E-state index is 8.94. The summed E-state index contributed by atoms with van der Waals surface area (Å²) in [6, 6.07) is 9.80. The lowest BCUT2D eigenvalue weighted by atomic mass is 10.2. The molecule has 0 aliphatic heterocycles. The van der Waals surface area contributed by atoms with E-state index in [1.54, 1.807) is 0 Å². The highest BCUT2D eigenvalue weighted by Gasteiger charge is 2.12. The van der Waals surface area contributed by atoms with Gasteiger partial charge in [-0.05, 0) is 12.1 Å². The number of nitrogens with zero attached hydrogens (tertiary/aromatic N) is 1. The van der Waals surface area contributed by atoms with Gasteiger partial charge in [-0.25, -0.2) is 4.98 Å². The molecule has 0 fully saturated rings. The third kappa shape index (κ3) is 2.14. The number of rotatable bonds is 4. The molecule has 1 aromatic carbocycles. The molecule has 0 aliphatic rings. The molecule has 0 aliphatic carbocycles. The molecule has 0 unspecified atom stereocenters. The average molecular weight is 217 g/mol. The van der Waals surface area contributed by atoms with Crippen LogP contribution < -0.4 is 0 Å². The number of aromatic nitrogens is 1. The van der Waals surface area contributed by atoms with Gasteiger partial charge in [0.1, 0.15) is 5.76 Å². The molecule has 0 atom stereocenters. The van der Waals surface area contributed by atoms with E-state index in [1.807, 2.05) is 37.3 Å². The van der Waals surface area contributed by atoms with Crippen LogP contribution in [-0.4, -0.2) is 16.7 Å². The number of hydrogen-bond acceptors (Lipinski definition) is 3. The van der Waals surface area contributed by atoms with E-state index in [0.29, 0.717) is 12.3 Å². The van der Waals surface area contributed by atoms with Crippen LogP contribution in [0.3, 0.4) is 0 Å². The first-order valence-electron chi connectivity index (χ1n) is 5.50. The van der Waals surface area contributed by atoms with Gasteiger partial charge in [-0.2, -0.15) is 0 Å². The highest BCUT2D eigenvalue weighted by Crippen LogP contribution is 2.22. The van der Waals surface area contributed by atoms with Gasteiger partial charge in [0.25, 0.3) is 0 Å². The smallest absolute Gasteiger partial charge is 0.226 e. The lowest BCUT2D eigenvalue weighted by molar-refractivity contribution is 0.297. The maximum Gasteiger partial charge on any atom is 0.226 e. The standard InChI is InChI=1S/C13H15NO2/c1-2-12-11(8-9-15)14-13(16-12)10-6-4-3-5-7-10/h3-7,15H,2,8-9H2,1H3. The van der Waals surface area contributed by atoms with Crippen LogP contribution in [0.15, 0.2) is 34.7 Å². The normalized spacial score (nSPS) is 10.6. The van der Waals surface area contributed by atoms with E-state index >= 15 is 0 Å². The molecule has 3 nitrogen and oxygen atoms in total. The highest BCUT2D eigenvalue weighted by molar-refractivity contribution is 5.53. The van der Waals surface area contributed by atoms with Crippen molar-refractivity contribution in [3.63, 3.8) is 0 Å². The first-order chi connectivity index (χ1) is 7.85. The van der Waals surface area contributed by atoms with Gasteiger partial charge < -0.3 is 9.52 Å². The molecule has 2 aromatic rings. The predicted molar refractivity (Wildman–Crippen MR) is 62.1 cm³/mol. The molecule has 1 N–H and O–H groups in total. The van der Waals surface area contributed by atoms with E-state index < -0.39 is 0 Å². The van der Waals surface area contributed by atoms with Gasteiger partial charge in [0.05, 0.1) is 5.69 Å². The second-order valence-corrected chi connectivity index (χ2v) is 3.58. The van der Waals surface area contributed by atoms with E-state index in [9.17, 15) is 0 Å². The largest absolute Gasteiger partial charge is 0.441 e. The van der Waals surface area contributed by atoms with Gasteiger partial charge in [0, 0.05) is 25.0 Å². The summed E-state index contributed by atoms with van der Waals surface area (Å²) in [4.78, 5) is 4.41. The van der Waals surface area contributed by atoms with Crippen molar-refractivity contribution in [1.29, 1.82) is 0 Å². The van der Waals surface area contributed by atoms with Gasteiger partial charge in [-0.3, -0.25) is 0 Å². The Hall–Kier alpha value is -1.61. The van der Waals surface area contributed by atoms with Crippen LogP contribution >= 0.6 is 0 Å². The van der Waals surface area contributed by atoms with Crippen molar-refractivity contribution in [2.45, 2.75) is 19.8 Å². The summed E-state index contributed by atoms with van der Waals surface area (Å²) in [7, 11) is 0. The molecule has 2 rings (SSSR count). The molecule has 0 spiro atoms. The summed E-state index contributed by atoms with van der Waals surface area (Å²) in [5.74, 6) is 1.51. The topological polar surface area (TPSA) is 46.3 Å². The fraction of sp³-hybridized carbons (Fsp3) is 0.308. The second-order valence-electron chi connectivity index (χ2n) is 3.58. The Morgan fingerprint density at radius 3 is 2.62 bits per heavy atom. The SMILES string of the molecule is CCc1oc(-c2ccccc2)nc1CCO. The summed E-state index contributed by atoms with van der Waals surface area (Å²) >= 11 is 0. The Labute approximate surface area is 94.8 Å². The molecule has 1 aromatic heterocycles. The number of oxazole rings is 1. The Morgan fingerprint density at radius 2 is 2.00 bits per heavy atom. The molecule has 0 saturated heterocycles. The fourth-order valence-corrected chi connectivity index (χ4v) is 1.67. The summed E-state index contributed by atoms with van der Waals surface area (Å²) in [5.41, 5.74) is 1.84. The zero-order valence-electron chi connectivity index (χ0n) is 9.31. The van der Waals surface area contributed by atoms with Crippen molar-refractivity contribution in [1.82, 2.24) is 4.98 Å². The molecular formula is C13H15NO2. The minimum atomic E-state index is 0.105. The molecule has 0 radical (unpaired) electrons. The van der Waals surface area contributed by atoms with Gasteiger partial charge in [-0.1, -0.05) is 25.1 Å². The van der Waals surface area contributed by atoms with Crippen molar-refractivity contribution < 1.29 is 9.52 Å².